The lowest BCUT2D eigenvalue weighted by atomic mass is 9.93. The zero-order valence-electron chi connectivity index (χ0n) is 22.9. The molecule has 0 unspecified atom stereocenters. The maximum absolute atomic E-state index is 12.1. The number of anilines is 2. The van der Waals surface area contributed by atoms with Gasteiger partial charge in [0.2, 0.25) is 17.8 Å². The molecule has 2 aromatic rings. The van der Waals surface area contributed by atoms with E-state index in [4.69, 9.17) is 19.4 Å². The molecule has 0 saturated heterocycles. The van der Waals surface area contributed by atoms with Gasteiger partial charge in [0.05, 0.1) is 32.0 Å². The standard InChI is InChI=1S/C27H40N6O4/c1-7-8-12-27(4,17-29-18(2)34)32-25-22-16-33(19(3)35)13-11-23(22)30-26(31-25)28-15-20-9-10-21(36-5)14-24(20)37-6/h9-10,14H,7-8,11-13,15-17H2,1-6H3,(H,29,34)(H2,28,30,31,32)/t27-/m1/s1. The van der Waals surface area contributed by atoms with Crippen molar-refractivity contribution in [1.82, 2.24) is 20.2 Å². The molecule has 0 fully saturated rings. The molecule has 3 N–H and O–H groups in total. The van der Waals surface area contributed by atoms with E-state index in [0.29, 0.717) is 50.1 Å². The van der Waals surface area contributed by atoms with E-state index in [9.17, 15) is 9.59 Å². The van der Waals surface area contributed by atoms with Crippen LogP contribution in [0.25, 0.3) is 0 Å². The highest BCUT2D eigenvalue weighted by Crippen LogP contribution is 2.30. The number of hydrogen-bond donors (Lipinski definition) is 3. The van der Waals surface area contributed by atoms with Gasteiger partial charge in [0.25, 0.3) is 0 Å². The Labute approximate surface area is 219 Å². The number of ether oxygens (including phenoxy) is 2. The van der Waals surface area contributed by atoms with Crippen LogP contribution in [-0.2, 0) is 29.1 Å². The summed E-state index contributed by atoms with van der Waals surface area (Å²) in [5, 5.41) is 9.92. The van der Waals surface area contributed by atoms with E-state index in [2.05, 4.69) is 29.8 Å². The summed E-state index contributed by atoms with van der Waals surface area (Å²) in [7, 11) is 3.25. The van der Waals surface area contributed by atoms with Gasteiger partial charge in [-0.05, 0) is 25.5 Å². The first-order chi connectivity index (χ1) is 17.7. The van der Waals surface area contributed by atoms with Gasteiger partial charge >= 0.3 is 0 Å². The van der Waals surface area contributed by atoms with Crippen molar-refractivity contribution in [3.63, 3.8) is 0 Å². The smallest absolute Gasteiger partial charge is 0.225 e. The topological polar surface area (TPSA) is 118 Å². The van der Waals surface area contributed by atoms with Crippen LogP contribution in [0, 0.1) is 0 Å². The van der Waals surface area contributed by atoms with E-state index in [1.54, 1.807) is 21.1 Å². The van der Waals surface area contributed by atoms with Crippen molar-refractivity contribution in [3.8, 4) is 11.5 Å². The number of nitrogens with one attached hydrogen (secondary N) is 3. The average molecular weight is 513 g/mol. The number of rotatable bonds is 12. The molecular formula is C27H40N6O4. The van der Waals surface area contributed by atoms with Crippen LogP contribution >= 0.6 is 0 Å². The summed E-state index contributed by atoms with van der Waals surface area (Å²) in [6.07, 6.45) is 3.53. The van der Waals surface area contributed by atoms with Gasteiger partial charge in [0.15, 0.2) is 0 Å². The molecule has 1 aromatic carbocycles. The average Bonchev–Trinajstić information content (AvgIpc) is 2.89. The van der Waals surface area contributed by atoms with Gasteiger partial charge < -0.3 is 30.3 Å². The number of amides is 2. The fraction of sp³-hybridized carbons (Fsp3) is 0.556. The molecule has 1 aliphatic heterocycles. The normalized spacial score (nSPS) is 14.3. The van der Waals surface area contributed by atoms with Crippen LogP contribution in [0.5, 0.6) is 11.5 Å². The Morgan fingerprint density at radius 3 is 2.59 bits per heavy atom. The Balaban J connectivity index is 1.93. The summed E-state index contributed by atoms with van der Waals surface area (Å²) in [5.74, 6) is 2.56. The number of aromatic nitrogens is 2. The Hall–Kier alpha value is -3.56. The lowest BCUT2D eigenvalue weighted by molar-refractivity contribution is -0.129. The van der Waals surface area contributed by atoms with E-state index >= 15 is 0 Å². The molecule has 37 heavy (non-hydrogen) atoms. The highest BCUT2D eigenvalue weighted by molar-refractivity contribution is 5.74. The number of fused-ring (bicyclic) bond motifs is 1. The highest BCUT2D eigenvalue weighted by atomic mass is 16.5. The molecule has 3 rings (SSSR count). The Morgan fingerprint density at radius 1 is 1.16 bits per heavy atom. The largest absolute Gasteiger partial charge is 0.497 e. The third-order valence-electron chi connectivity index (χ3n) is 6.67. The number of unbranched alkanes of at least 4 members (excludes halogenated alkanes) is 1. The van der Waals surface area contributed by atoms with Crippen molar-refractivity contribution in [3.05, 3.63) is 35.0 Å². The number of methoxy groups -OCH3 is 2. The predicted octanol–water partition coefficient (Wildman–Crippen LogP) is 3.51. The van der Waals surface area contributed by atoms with Crippen molar-refractivity contribution >= 4 is 23.6 Å². The Bertz CT molecular complexity index is 1110. The molecule has 0 spiro atoms. The number of hydrogen-bond acceptors (Lipinski definition) is 8. The third kappa shape index (κ3) is 7.47. The molecule has 10 nitrogen and oxygen atoms in total. The molecule has 1 aliphatic rings. The molecule has 2 amide bonds. The summed E-state index contributed by atoms with van der Waals surface area (Å²) in [6, 6.07) is 5.68. The van der Waals surface area contributed by atoms with Gasteiger partial charge in [-0.25, -0.2) is 4.98 Å². The van der Waals surface area contributed by atoms with Crippen molar-refractivity contribution in [2.24, 2.45) is 0 Å². The summed E-state index contributed by atoms with van der Waals surface area (Å²) in [6.45, 7) is 9.33. The molecule has 0 saturated carbocycles. The Kier molecular flexibility index (Phi) is 9.54. The summed E-state index contributed by atoms with van der Waals surface area (Å²) < 4.78 is 10.8. The summed E-state index contributed by atoms with van der Waals surface area (Å²) in [5.41, 5.74) is 2.36. The van der Waals surface area contributed by atoms with Crippen molar-refractivity contribution in [2.45, 2.75) is 72.0 Å². The van der Waals surface area contributed by atoms with E-state index < -0.39 is 5.54 Å². The molecule has 2 heterocycles. The summed E-state index contributed by atoms with van der Waals surface area (Å²) >= 11 is 0. The first-order valence-corrected chi connectivity index (χ1v) is 12.8. The zero-order chi connectivity index (χ0) is 27.0. The first-order valence-electron chi connectivity index (χ1n) is 12.8. The molecular weight excluding hydrogens is 472 g/mol. The van der Waals surface area contributed by atoms with Crippen LogP contribution in [0.15, 0.2) is 18.2 Å². The van der Waals surface area contributed by atoms with Gasteiger partial charge in [0.1, 0.15) is 17.3 Å². The minimum absolute atomic E-state index is 0.0254. The molecule has 0 radical (unpaired) electrons. The quantitative estimate of drug-likeness (QED) is 0.396. The van der Waals surface area contributed by atoms with Crippen LogP contribution < -0.4 is 25.4 Å². The van der Waals surface area contributed by atoms with E-state index in [1.165, 1.54) is 6.92 Å². The number of carbonyl (C=O) groups is 2. The second-order valence-corrected chi connectivity index (χ2v) is 9.74. The maximum Gasteiger partial charge on any atom is 0.225 e. The van der Waals surface area contributed by atoms with Crippen molar-refractivity contribution < 1.29 is 19.1 Å². The minimum Gasteiger partial charge on any atom is -0.497 e. The van der Waals surface area contributed by atoms with E-state index in [0.717, 1.165) is 41.8 Å². The Morgan fingerprint density at radius 2 is 1.95 bits per heavy atom. The maximum atomic E-state index is 12.1. The number of benzene rings is 1. The molecule has 10 heteroatoms. The molecule has 1 aromatic heterocycles. The molecule has 0 aliphatic carbocycles. The molecule has 0 bridgehead atoms. The van der Waals surface area contributed by atoms with Crippen LogP contribution in [0.2, 0.25) is 0 Å². The fourth-order valence-corrected chi connectivity index (χ4v) is 4.40. The van der Waals surface area contributed by atoms with Crippen LogP contribution in [0.3, 0.4) is 0 Å². The van der Waals surface area contributed by atoms with E-state index in [-0.39, 0.29) is 11.8 Å². The molecule has 1 atom stereocenters. The van der Waals surface area contributed by atoms with Crippen LogP contribution in [0.1, 0.15) is 63.8 Å². The van der Waals surface area contributed by atoms with Gasteiger partial charge in [-0.3, -0.25) is 9.59 Å². The third-order valence-corrected chi connectivity index (χ3v) is 6.67. The second kappa shape index (κ2) is 12.6. The predicted molar refractivity (Wildman–Crippen MR) is 144 cm³/mol. The van der Waals surface area contributed by atoms with Crippen molar-refractivity contribution in [2.75, 3.05) is 37.9 Å². The van der Waals surface area contributed by atoms with Crippen molar-refractivity contribution in [1.29, 1.82) is 0 Å². The lowest BCUT2D eigenvalue weighted by Crippen LogP contribution is -2.47. The van der Waals surface area contributed by atoms with Crippen LogP contribution in [0.4, 0.5) is 11.8 Å². The van der Waals surface area contributed by atoms with Gasteiger partial charge in [-0.1, -0.05) is 19.8 Å². The fourth-order valence-electron chi connectivity index (χ4n) is 4.40. The van der Waals surface area contributed by atoms with E-state index in [1.807, 2.05) is 23.1 Å². The highest BCUT2D eigenvalue weighted by Gasteiger charge is 2.29. The SMILES string of the molecule is CCCC[C@](C)(CNC(C)=O)Nc1nc(NCc2ccc(OC)cc2OC)nc2c1CN(C(C)=O)CC2. The van der Waals surface area contributed by atoms with Gasteiger partial charge in [-0.2, -0.15) is 4.98 Å². The second-order valence-electron chi connectivity index (χ2n) is 9.74. The number of nitrogens with zero attached hydrogens (tertiary/aromatic N) is 3. The number of carbonyl (C=O) groups excluding carboxylic acids is 2. The van der Waals surface area contributed by atoms with Gasteiger partial charge in [-0.15, -0.1) is 0 Å². The molecule has 202 valence electrons. The zero-order valence-corrected chi connectivity index (χ0v) is 22.9. The van der Waals surface area contributed by atoms with Gasteiger partial charge in [0, 0.05) is 57.1 Å². The van der Waals surface area contributed by atoms with Crippen LogP contribution in [-0.4, -0.2) is 59.5 Å². The minimum atomic E-state index is -0.418. The monoisotopic (exact) mass is 512 g/mol. The lowest BCUT2D eigenvalue weighted by Gasteiger charge is -2.35. The first kappa shape index (κ1) is 28.0. The summed E-state index contributed by atoms with van der Waals surface area (Å²) in [4.78, 5) is 35.3.